The summed E-state index contributed by atoms with van der Waals surface area (Å²) in [5.74, 6) is 0.965. The van der Waals surface area contributed by atoms with Crippen LogP contribution in [0, 0.1) is 11.8 Å². The van der Waals surface area contributed by atoms with Crippen molar-refractivity contribution in [2.45, 2.75) is 57.9 Å². The van der Waals surface area contributed by atoms with E-state index in [-0.39, 0.29) is 23.4 Å². The molecule has 2 aliphatic carbocycles. The van der Waals surface area contributed by atoms with Gasteiger partial charge in [0.2, 0.25) is 5.91 Å². The Balaban J connectivity index is 1.48. The minimum Gasteiger partial charge on any atom is -0.343 e. The van der Waals surface area contributed by atoms with E-state index in [1.54, 1.807) is 6.92 Å². The summed E-state index contributed by atoms with van der Waals surface area (Å²) in [4.78, 5) is 43.9. The summed E-state index contributed by atoms with van der Waals surface area (Å²) in [6.07, 6.45) is 7.00. The number of aryl methyl sites for hydroxylation is 2. The van der Waals surface area contributed by atoms with Crippen molar-refractivity contribution in [1.82, 2.24) is 14.8 Å². The molecule has 0 aromatic carbocycles. The van der Waals surface area contributed by atoms with Gasteiger partial charge in [0, 0.05) is 38.8 Å². The van der Waals surface area contributed by atoms with Gasteiger partial charge >= 0.3 is 0 Å². The van der Waals surface area contributed by atoms with Gasteiger partial charge in [0.05, 0.1) is 0 Å². The van der Waals surface area contributed by atoms with E-state index in [9.17, 15) is 14.4 Å². The van der Waals surface area contributed by atoms with Crippen molar-refractivity contribution in [1.29, 1.82) is 0 Å². The van der Waals surface area contributed by atoms with E-state index in [0.717, 1.165) is 56.2 Å². The van der Waals surface area contributed by atoms with Crippen LogP contribution in [0.5, 0.6) is 0 Å². The minimum absolute atomic E-state index is 0.104. The maximum absolute atomic E-state index is 13.1. The molecule has 0 bridgehead atoms. The third-order valence-corrected chi connectivity index (χ3v) is 6.94. The average Bonchev–Trinajstić information content (AvgIpc) is 3.09. The maximum atomic E-state index is 13.1. The highest BCUT2D eigenvalue weighted by Crippen LogP contribution is 2.40. The molecule has 3 atom stereocenters. The van der Waals surface area contributed by atoms with Crippen LogP contribution >= 0.6 is 0 Å². The summed E-state index contributed by atoms with van der Waals surface area (Å²) in [6, 6.07) is 2.11. The van der Waals surface area contributed by atoms with Crippen molar-refractivity contribution in [2.24, 2.45) is 11.8 Å². The molecule has 1 aliphatic heterocycles. The van der Waals surface area contributed by atoms with Gasteiger partial charge in [-0.05, 0) is 68.4 Å². The molecule has 3 aliphatic rings. The molecule has 1 saturated carbocycles. The second-order valence-corrected chi connectivity index (χ2v) is 8.54. The Morgan fingerprint density at radius 1 is 1.19 bits per heavy atom. The third-order valence-electron chi connectivity index (χ3n) is 6.94. The molecule has 6 heteroatoms. The van der Waals surface area contributed by atoms with Crippen LogP contribution in [-0.4, -0.2) is 52.8 Å². The predicted molar refractivity (Wildman–Crippen MR) is 103 cm³/mol. The smallest absolute Gasteiger partial charge is 0.261 e. The molecule has 0 unspecified atom stereocenters. The van der Waals surface area contributed by atoms with Crippen molar-refractivity contribution >= 4 is 11.8 Å². The van der Waals surface area contributed by atoms with Gasteiger partial charge in [-0.2, -0.15) is 0 Å². The highest BCUT2D eigenvalue weighted by molar-refractivity contribution is 5.94. The number of aromatic amines is 1. The van der Waals surface area contributed by atoms with Gasteiger partial charge < -0.3 is 14.8 Å². The fourth-order valence-electron chi connectivity index (χ4n) is 5.22. The van der Waals surface area contributed by atoms with Crippen LogP contribution in [0.3, 0.4) is 0 Å². The highest BCUT2D eigenvalue weighted by Gasteiger charge is 2.41. The lowest BCUT2D eigenvalue weighted by molar-refractivity contribution is -0.129. The van der Waals surface area contributed by atoms with Crippen molar-refractivity contribution in [3.05, 3.63) is 33.2 Å². The van der Waals surface area contributed by atoms with E-state index < -0.39 is 0 Å². The molecular formula is C21H29N3O3. The first kappa shape index (κ1) is 18.3. The number of pyridine rings is 1. The molecule has 146 valence electrons. The Kier molecular flexibility index (Phi) is 4.82. The van der Waals surface area contributed by atoms with Crippen LogP contribution < -0.4 is 5.56 Å². The molecule has 1 aromatic rings. The van der Waals surface area contributed by atoms with Crippen molar-refractivity contribution < 1.29 is 9.59 Å². The zero-order valence-corrected chi connectivity index (χ0v) is 16.3. The Morgan fingerprint density at radius 3 is 2.70 bits per heavy atom. The number of rotatable bonds is 2. The first-order valence-electron chi connectivity index (χ1n) is 10.2. The Bertz CT molecular complexity index is 815. The predicted octanol–water partition coefficient (Wildman–Crippen LogP) is 1.97. The van der Waals surface area contributed by atoms with Gasteiger partial charge in [0.25, 0.3) is 11.5 Å². The normalized spacial score (nSPS) is 27.0. The number of carbonyl (C=O) groups excluding carboxylic acids is 2. The fraction of sp³-hybridized carbons (Fsp3) is 0.667. The first-order valence-corrected chi connectivity index (χ1v) is 10.2. The van der Waals surface area contributed by atoms with Gasteiger partial charge in [0.1, 0.15) is 5.56 Å². The minimum atomic E-state index is -0.247. The second-order valence-electron chi connectivity index (χ2n) is 8.54. The van der Waals surface area contributed by atoms with E-state index in [2.05, 4.69) is 4.98 Å². The molecule has 1 N–H and O–H groups in total. The summed E-state index contributed by atoms with van der Waals surface area (Å²) in [5.41, 5.74) is 2.18. The third kappa shape index (κ3) is 3.42. The molecule has 1 aromatic heterocycles. The number of likely N-dealkylation sites (tertiary alicyclic amines) is 1. The molecule has 0 radical (unpaired) electrons. The molecular weight excluding hydrogens is 342 g/mol. The zero-order chi connectivity index (χ0) is 19.1. The quantitative estimate of drug-likeness (QED) is 0.864. The number of piperidine rings is 1. The largest absolute Gasteiger partial charge is 0.343 e. The second kappa shape index (κ2) is 7.13. The van der Waals surface area contributed by atoms with Crippen molar-refractivity contribution in [2.75, 3.05) is 20.1 Å². The SMILES string of the molecule is CC(=O)N(C)[C@H]1C[C@H]2CCN(C(=O)c3cc4c([nH]c3=O)CCCC4)C[C@H]2C1. The van der Waals surface area contributed by atoms with Gasteiger partial charge in [0.15, 0.2) is 0 Å². The van der Waals surface area contributed by atoms with Gasteiger partial charge in [-0.25, -0.2) is 0 Å². The van der Waals surface area contributed by atoms with Crippen molar-refractivity contribution in [3.8, 4) is 0 Å². The molecule has 2 fully saturated rings. The fourth-order valence-corrected chi connectivity index (χ4v) is 5.22. The maximum Gasteiger partial charge on any atom is 0.261 e. The van der Waals surface area contributed by atoms with Crippen LogP contribution in [0.25, 0.3) is 0 Å². The van der Waals surface area contributed by atoms with Gasteiger partial charge in [-0.15, -0.1) is 0 Å². The van der Waals surface area contributed by atoms with Gasteiger partial charge in [-0.1, -0.05) is 0 Å². The summed E-state index contributed by atoms with van der Waals surface area (Å²) in [5, 5.41) is 0. The number of carbonyl (C=O) groups is 2. The summed E-state index contributed by atoms with van der Waals surface area (Å²) in [7, 11) is 1.87. The van der Waals surface area contributed by atoms with Crippen LogP contribution in [-0.2, 0) is 17.6 Å². The molecule has 2 amide bonds. The van der Waals surface area contributed by atoms with E-state index in [1.807, 2.05) is 22.9 Å². The molecule has 1 saturated heterocycles. The number of nitrogens with one attached hydrogen (secondary N) is 1. The summed E-state index contributed by atoms with van der Waals surface area (Å²) < 4.78 is 0. The number of nitrogens with zero attached hydrogens (tertiary/aromatic N) is 2. The highest BCUT2D eigenvalue weighted by atomic mass is 16.2. The van der Waals surface area contributed by atoms with Crippen LogP contribution in [0.15, 0.2) is 10.9 Å². The molecule has 6 nitrogen and oxygen atoms in total. The number of amides is 2. The van der Waals surface area contributed by atoms with Crippen molar-refractivity contribution in [3.63, 3.8) is 0 Å². The summed E-state index contributed by atoms with van der Waals surface area (Å²) in [6.45, 7) is 3.01. The monoisotopic (exact) mass is 371 g/mol. The van der Waals surface area contributed by atoms with E-state index in [0.29, 0.717) is 30.5 Å². The number of hydrogen-bond acceptors (Lipinski definition) is 3. The Morgan fingerprint density at radius 2 is 1.93 bits per heavy atom. The molecule has 4 rings (SSSR count). The Labute approximate surface area is 159 Å². The number of hydrogen-bond donors (Lipinski definition) is 1. The first-order chi connectivity index (χ1) is 12.9. The molecule has 2 heterocycles. The number of aromatic nitrogens is 1. The standard InChI is InChI=1S/C21H29N3O3/c1-13(25)23(2)17-9-14-7-8-24(12-16(14)10-17)21(27)18-11-15-5-3-4-6-19(15)22-20(18)26/h11,14,16-17H,3-10,12H2,1-2H3,(H,22,26)/t14-,16-,17+/m1/s1. The van der Waals surface area contributed by atoms with Crippen LogP contribution in [0.1, 0.15) is 60.6 Å². The molecule has 0 spiro atoms. The lowest BCUT2D eigenvalue weighted by Gasteiger charge is -2.35. The van der Waals surface area contributed by atoms with E-state index in [1.165, 1.54) is 0 Å². The molecule has 27 heavy (non-hydrogen) atoms. The lowest BCUT2D eigenvalue weighted by atomic mass is 9.88. The number of H-pyrrole nitrogens is 1. The lowest BCUT2D eigenvalue weighted by Crippen LogP contribution is -2.44. The van der Waals surface area contributed by atoms with Gasteiger partial charge in [-0.3, -0.25) is 14.4 Å². The van der Waals surface area contributed by atoms with E-state index >= 15 is 0 Å². The zero-order valence-electron chi connectivity index (χ0n) is 16.3. The topological polar surface area (TPSA) is 73.5 Å². The van der Waals surface area contributed by atoms with Crippen LogP contribution in [0.4, 0.5) is 0 Å². The Hall–Kier alpha value is -2.11. The number of fused-ring (bicyclic) bond motifs is 2. The van der Waals surface area contributed by atoms with Crippen LogP contribution in [0.2, 0.25) is 0 Å². The van der Waals surface area contributed by atoms with E-state index in [4.69, 9.17) is 0 Å². The average molecular weight is 371 g/mol. The summed E-state index contributed by atoms with van der Waals surface area (Å²) >= 11 is 0.